The second kappa shape index (κ2) is 7.13. The van der Waals surface area contributed by atoms with Crippen LogP contribution in [0.4, 0.5) is 5.69 Å². The van der Waals surface area contributed by atoms with E-state index in [-0.39, 0.29) is 5.97 Å². The van der Waals surface area contributed by atoms with Gasteiger partial charge in [-0.1, -0.05) is 11.6 Å². The number of aryl methyl sites for hydroxylation is 1. The summed E-state index contributed by atoms with van der Waals surface area (Å²) in [4.78, 5) is 14.1. The molecule has 1 atom stereocenters. The number of nitrogens with one attached hydrogen (secondary N) is 1. The lowest BCUT2D eigenvalue weighted by Crippen LogP contribution is -2.21. The van der Waals surface area contributed by atoms with Crippen molar-refractivity contribution >= 4 is 66.5 Å². The van der Waals surface area contributed by atoms with Gasteiger partial charge in [-0.15, -0.1) is 11.3 Å². The summed E-state index contributed by atoms with van der Waals surface area (Å²) in [7, 11) is 1.38. The zero-order valence-corrected chi connectivity index (χ0v) is 16.0. The Morgan fingerprint density at radius 1 is 1.33 bits per heavy atom. The summed E-state index contributed by atoms with van der Waals surface area (Å²) in [6, 6.07) is 6.78. The number of ether oxygens (including phenoxy) is 1. The highest BCUT2D eigenvalue weighted by Gasteiger charge is 2.24. The molecule has 0 aliphatic heterocycles. The largest absolute Gasteiger partial charge is 0.467 e. The van der Waals surface area contributed by atoms with Crippen LogP contribution in [0.25, 0.3) is 0 Å². The number of carbonyl (C=O) groups excluding carboxylic acids is 1. The van der Waals surface area contributed by atoms with E-state index in [9.17, 15) is 4.79 Å². The van der Waals surface area contributed by atoms with E-state index in [0.29, 0.717) is 5.02 Å². The maximum atomic E-state index is 12.1. The van der Waals surface area contributed by atoms with Crippen LogP contribution in [0.15, 0.2) is 33.2 Å². The lowest BCUT2D eigenvalue weighted by Gasteiger charge is -2.16. The Morgan fingerprint density at radius 2 is 2.05 bits per heavy atom. The fourth-order valence-electron chi connectivity index (χ4n) is 1.74. The molecule has 1 aromatic heterocycles. The first-order chi connectivity index (χ1) is 9.92. The Hall–Kier alpha value is -0.560. The van der Waals surface area contributed by atoms with Crippen molar-refractivity contribution in [3.63, 3.8) is 0 Å². The first kappa shape index (κ1) is 16.8. The van der Waals surface area contributed by atoms with Crippen molar-refractivity contribution in [3.05, 3.63) is 48.0 Å². The summed E-state index contributed by atoms with van der Waals surface area (Å²) in [6.07, 6.45) is 0. The third kappa shape index (κ3) is 4.00. The highest BCUT2D eigenvalue weighted by Crippen LogP contribution is 2.34. The van der Waals surface area contributed by atoms with Crippen LogP contribution in [0, 0.1) is 6.92 Å². The molecule has 7 heteroatoms. The molecule has 0 radical (unpaired) electrons. The minimum Gasteiger partial charge on any atom is -0.467 e. The van der Waals surface area contributed by atoms with E-state index in [4.69, 9.17) is 16.3 Å². The van der Waals surface area contributed by atoms with Gasteiger partial charge in [-0.25, -0.2) is 4.79 Å². The van der Waals surface area contributed by atoms with Crippen LogP contribution in [-0.4, -0.2) is 13.1 Å². The summed E-state index contributed by atoms with van der Waals surface area (Å²) in [5, 5.41) is 3.80. The molecule has 1 N–H and O–H groups in total. The van der Waals surface area contributed by atoms with Crippen molar-refractivity contribution in [3.8, 4) is 0 Å². The van der Waals surface area contributed by atoms with E-state index in [0.717, 1.165) is 24.4 Å². The van der Waals surface area contributed by atoms with Gasteiger partial charge in [0.2, 0.25) is 0 Å². The van der Waals surface area contributed by atoms with Crippen molar-refractivity contribution in [2.45, 2.75) is 13.0 Å². The van der Waals surface area contributed by atoms with Crippen molar-refractivity contribution in [2.24, 2.45) is 0 Å². The van der Waals surface area contributed by atoms with E-state index < -0.39 is 6.04 Å². The molecule has 0 aliphatic carbocycles. The topological polar surface area (TPSA) is 38.3 Å². The van der Waals surface area contributed by atoms with Gasteiger partial charge in [0.25, 0.3) is 0 Å². The molecule has 0 bridgehead atoms. The van der Waals surface area contributed by atoms with Crippen LogP contribution in [-0.2, 0) is 9.53 Å². The average Bonchev–Trinajstić information content (AvgIpc) is 2.78. The summed E-state index contributed by atoms with van der Waals surface area (Å²) >= 11 is 14.4. The summed E-state index contributed by atoms with van der Waals surface area (Å²) < 4.78 is 6.64. The second-order valence-electron chi connectivity index (χ2n) is 4.28. The van der Waals surface area contributed by atoms with Gasteiger partial charge in [0.15, 0.2) is 6.04 Å². The Balaban J connectivity index is 2.32. The predicted molar refractivity (Wildman–Crippen MR) is 94.3 cm³/mol. The van der Waals surface area contributed by atoms with Crippen LogP contribution in [0.2, 0.25) is 5.02 Å². The molecule has 0 saturated carbocycles. The Morgan fingerprint density at radius 3 is 2.57 bits per heavy atom. The lowest BCUT2D eigenvalue weighted by molar-refractivity contribution is -0.141. The quantitative estimate of drug-likeness (QED) is 0.616. The number of thiophene rings is 1. The fourth-order valence-corrected chi connectivity index (χ4v) is 3.84. The Kier molecular flexibility index (Phi) is 5.71. The molecular formula is C14H12Br2ClNO2S. The van der Waals surface area contributed by atoms with E-state index in [1.54, 1.807) is 17.4 Å². The summed E-state index contributed by atoms with van der Waals surface area (Å²) in [5.74, 6) is -0.338. The van der Waals surface area contributed by atoms with Gasteiger partial charge in [-0.2, -0.15) is 0 Å². The molecule has 1 aromatic carbocycles. The minimum atomic E-state index is -0.557. The molecule has 0 aliphatic rings. The number of halogens is 3. The second-order valence-corrected chi connectivity index (χ2v) is 7.69. The predicted octanol–water partition coefficient (Wildman–Crippen LogP) is 5.56. The lowest BCUT2D eigenvalue weighted by atomic mass is 10.2. The zero-order chi connectivity index (χ0) is 15.6. The van der Waals surface area contributed by atoms with Gasteiger partial charge in [-0.3, -0.25) is 0 Å². The van der Waals surface area contributed by atoms with Crippen LogP contribution >= 0.6 is 54.8 Å². The number of rotatable bonds is 4. The molecule has 0 spiro atoms. The maximum absolute atomic E-state index is 12.1. The molecule has 112 valence electrons. The van der Waals surface area contributed by atoms with Gasteiger partial charge in [0, 0.05) is 24.4 Å². The number of methoxy groups -OCH3 is 1. The molecule has 1 heterocycles. The molecule has 2 rings (SSSR count). The first-order valence-corrected chi connectivity index (χ1v) is 8.75. The first-order valence-electron chi connectivity index (χ1n) is 5.97. The number of hydrogen-bond acceptors (Lipinski definition) is 4. The van der Waals surface area contributed by atoms with Crippen molar-refractivity contribution < 1.29 is 9.53 Å². The van der Waals surface area contributed by atoms with Crippen molar-refractivity contribution in [1.82, 2.24) is 0 Å². The van der Waals surface area contributed by atoms with Gasteiger partial charge in [0.1, 0.15) is 0 Å². The minimum absolute atomic E-state index is 0.338. The van der Waals surface area contributed by atoms with Crippen LogP contribution in [0.3, 0.4) is 0 Å². The van der Waals surface area contributed by atoms with Crippen LogP contribution in [0.1, 0.15) is 15.8 Å². The summed E-state index contributed by atoms with van der Waals surface area (Å²) in [5.41, 5.74) is 0.781. The number of esters is 1. The van der Waals surface area contributed by atoms with Gasteiger partial charge in [0.05, 0.1) is 12.1 Å². The number of hydrogen-bond donors (Lipinski definition) is 1. The number of anilines is 1. The molecule has 2 aromatic rings. The SMILES string of the molecule is COC(=O)C(Nc1ccc(Cl)c(Br)c1)c1cc(Br)c(C)s1. The Bertz CT molecular complexity index is 655. The summed E-state index contributed by atoms with van der Waals surface area (Å²) in [6.45, 7) is 1.99. The van der Waals surface area contributed by atoms with E-state index >= 15 is 0 Å². The van der Waals surface area contributed by atoms with Gasteiger partial charge >= 0.3 is 5.97 Å². The monoisotopic (exact) mass is 451 g/mol. The zero-order valence-electron chi connectivity index (χ0n) is 11.2. The van der Waals surface area contributed by atoms with Gasteiger partial charge in [-0.05, 0) is 63.0 Å². The highest BCUT2D eigenvalue weighted by molar-refractivity contribution is 9.10. The maximum Gasteiger partial charge on any atom is 0.333 e. The third-order valence-electron chi connectivity index (χ3n) is 2.83. The smallest absolute Gasteiger partial charge is 0.333 e. The molecule has 1 unspecified atom stereocenters. The van der Waals surface area contributed by atoms with E-state index in [1.165, 1.54) is 7.11 Å². The highest BCUT2D eigenvalue weighted by atomic mass is 79.9. The molecule has 0 saturated heterocycles. The van der Waals surface area contributed by atoms with E-state index in [2.05, 4.69) is 37.2 Å². The molecular weight excluding hydrogens is 441 g/mol. The van der Waals surface area contributed by atoms with Crippen LogP contribution in [0.5, 0.6) is 0 Å². The number of benzene rings is 1. The Labute approximate surface area is 148 Å². The molecule has 21 heavy (non-hydrogen) atoms. The van der Waals surface area contributed by atoms with Crippen LogP contribution < -0.4 is 5.32 Å². The third-order valence-corrected chi connectivity index (χ3v) is 6.24. The fraction of sp³-hybridized carbons (Fsp3) is 0.214. The average molecular weight is 454 g/mol. The standard InChI is InChI=1S/C14H12Br2ClNO2S/c1-7-9(15)6-12(21-7)13(14(19)20-2)18-8-3-4-11(17)10(16)5-8/h3-6,13,18H,1-2H3. The molecule has 0 fully saturated rings. The van der Waals surface area contributed by atoms with Gasteiger partial charge < -0.3 is 10.1 Å². The normalized spacial score (nSPS) is 12.0. The molecule has 3 nitrogen and oxygen atoms in total. The van der Waals surface area contributed by atoms with E-state index in [1.807, 2.05) is 25.1 Å². The molecule has 0 amide bonds. The van der Waals surface area contributed by atoms with Crippen molar-refractivity contribution in [2.75, 3.05) is 12.4 Å². The van der Waals surface area contributed by atoms with Crippen molar-refractivity contribution in [1.29, 1.82) is 0 Å². The number of carbonyl (C=O) groups is 1.